The molecule has 0 aliphatic rings. The lowest BCUT2D eigenvalue weighted by Crippen LogP contribution is -2.23. The van der Waals surface area contributed by atoms with Gasteiger partial charge in [-0.05, 0) is 31.0 Å². The van der Waals surface area contributed by atoms with E-state index in [2.05, 4.69) is 5.32 Å². The molecule has 2 amide bonds. The second kappa shape index (κ2) is 8.71. The van der Waals surface area contributed by atoms with Gasteiger partial charge in [0.25, 0.3) is 5.91 Å². The van der Waals surface area contributed by atoms with Gasteiger partial charge in [-0.2, -0.15) is 0 Å². The number of carbonyl (C=O) groups is 2. The summed E-state index contributed by atoms with van der Waals surface area (Å²) in [6.07, 6.45) is 2.69. The molecular weight excluding hydrogens is 284 g/mol. The lowest BCUT2D eigenvalue weighted by molar-refractivity contribution is -0.120. The summed E-state index contributed by atoms with van der Waals surface area (Å²) in [5.74, 6) is 0.249. The van der Waals surface area contributed by atoms with Gasteiger partial charge in [0.15, 0.2) is 18.1 Å². The minimum Gasteiger partial charge on any atom is -0.493 e. The predicted octanol–water partition coefficient (Wildman–Crippen LogP) is 1.53. The number of amides is 2. The number of ether oxygens (including phenoxy) is 2. The maximum Gasteiger partial charge on any atom is 0.255 e. The molecule has 1 aromatic rings. The van der Waals surface area contributed by atoms with E-state index in [9.17, 15) is 9.59 Å². The number of methoxy groups -OCH3 is 1. The van der Waals surface area contributed by atoms with E-state index in [1.165, 1.54) is 7.11 Å². The van der Waals surface area contributed by atoms with Crippen LogP contribution in [-0.4, -0.2) is 25.5 Å². The van der Waals surface area contributed by atoms with E-state index in [0.717, 1.165) is 12.0 Å². The first-order valence-corrected chi connectivity index (χ1v) is 7.00. The minimum atomic E-state index is -0.559. The van der Waals surface area contributed by atoms with Crippen LogP contribution in [0.1, 0.15) is 25.8 Å². The summed E-state index contributed by atoms with van der Waals surface area (Å²) in [6, 6.07) is 5.21. The Balaban J connectivity index is 2.71. The van der Waals surface area contributed by atoms with E-state index in [0.29, 0.717) is 23.6 Å². The number of hydrogen-bond donors (Lipinski definition) is 2. The van der Waals surface area contributed by atoms with Crippen molar-refractivity contribution in [1.82, 2.24) is 5.32 Å². The zero-order valence-electron chi connectivity index (χ0n) is 13.1. The molecule has 0 saturated heterocycles. The molecule has 0 aliphatic carbocycles. The van der Waals surface area contributed by atoms with Crippen molar-refractivity contribution in [2.75, 3.05) is 13.7 Å². The number of hydrogen-bond acceptors (Lipinski definition) is 4. The van der Waals surface area contributed by atoms with Gasteiger partial charge < -0.3 is 20.5 Å². The standard InChI is InChI=1S/C16H22N2O4/c1-4-5-11(2)16(20)18-9-12-6-7-13(14(8-12)21-3)22-10-15(17)19/h5-8H,4,9-10H2,1-3H3,(H2,17,19)(H,18,20)/b11-5-. The van der Waals surface area contributed by atoms with Gasteiger partial charge in [0, 0.05) is 12.1 Å². The fourth-order valence-electron chi connectivity index (χ4n) is 1.81. The second-order valence-corrected chi connectivity index (χ2v) is 4.72. The third-order valence-electron chi connectivity index (χ3n) is 2.92. The van der Waals surface area contributed by atoms with Gasteiger partial charge in [-0.15, -0.1) is 0 Å². The molecule has 0 heterocycles. The van der Waals surface area contributed by atoms with E-state index in [1.807, 2.05) is 13.0 Å². The van der Waals surface area contributed by atoms with Crippen LogP contribution in [0.25, 0.3) is 0 Å². The van der Waals surface area contributed by atoms with Crippen LogP contribution in [0.3, 0.4) is 0 Å². The third-order valence-corrected chi connectivity index (χ3v) is 2.92. The fourth-order valence-corrected chi connectivity index (χ4v) is 1.81. The van der Waals surface area contributed by atoms with Crippen LogP contribution in [0.4, 0.5) is 0 Å². The van der Waals surface area contributed by atoms with Crippen molar-refractivity contribution in [2.45, 2.75) is 26.8 Å². The van der Waals surface area contributed by atoms with Crippen molar-refractivity contribution in [3.63, 3.8) is 0 Å². The second-order valence-electron chi connectivity index (χ2n) is 4.72. The molecule has 1 rings (SSSR count). The van der Waals surface area contributed by atoms with Crippen LogP contribution in [0, 0.1) is 0 Å². The van der Waals surface area contributed by atoms with E-state index in [-0.39, 0.29) is 12.5 Å². The number of nitrogens with one attached hydrogen (secondary N) is 1. The Bertz CT molecular complexity index is 567. The number of allylic oxidation sites excluding steroid dienone is 1. The average molecular weight is 306 g/mol. The Morgan fingerprint density at radius 3 is 2.64 bits per heavy atom. The first kappa shape index (κ1) is 17.6. The van der Waals surface area contributed by atoms with Gasteiger partial charge in [0.1, 0.15) is 0 Å². The van der Waals surface area contributed by atoms with Crippen molar-refractivity contribution in [1.29, 1.82) is 0 Å². The van der Waals surface area contributed by atoms with Crippen LogP contribution in [0.15, 0.2) is 29.8 Å². The van der Waals surface area contributed by atoms with Gasteiger partial charge >= 0.3 is 0 Å². The number of benzene rings is 1. The highest BCUT2D eigenvalue weighted by Crippen LogP contribution is 2.27. The third kappa shape index (κ3) is 5.47. The molecule has 3 N–H and O–H groups in total. The van der Waals surface area contributed by atoms with Crippen LogP contribution >= 0.6 is 0 Å². The number of nitrogens with two attached hydrogens (primary N) is 1. The molecule has 0 aliphatic heterocycles. The molecule has 0 radical (unpaired) electrons. The zero-order chi connectivity index (χ0) is 16.5. The molecule has 0 fully saturated rings. The highest BCUT2D eigenvalue weighted by Gasteiger charge is 2.08. The highest BCUT2D eigenvalue weighted by molar-refractivity contribution is 5.92. The van der Waals surface area contributed by atoms with Crippen molar-refractivity contribution in [2.24, 2.45) is 5.73 Å². The Morgan fingerprint density at radius 2 is 2.05 bits per heavy atom. The number of primary amides is 1. The van der Waals surface area contributed by atoms with Crippen LogP contribution < -0.4 is 20.5 Å². The predicted molar refractivity (Wildman–Crippen MR) is 83.6 cm³/mol. The molecule has 0 unspecified atom stereocenters. The first-order chi connectivity index (χ1) is 10.5. The SMILES string of the molecule is CC/C=C(/C)C(=O)NCc1ccc(OCC(N)=O)c(OC)c1. The quantitative estimate of drug-likeness (QED) is 0.713. The smallest absolute Gasteiger partial charge is 0.255 e. The summed E-state index contributed by atoms with van der Waals surface area (Å²) in [4.78, 5) is 22.6. The van der Waals surface area contributed by atoms with E-state index in [1.54, 1.807) is 25.1 Å². The lowest BCUT2D eigenvalue weighted by Gasteiger charge is -2.12. The van der Waals surface area contributed by atoms with Crippen LogP contribution in [0.5, 0.6) is 11.5 Å². The summed E-state index contributed by atoms with van der Waals surface area (Å²) in [5, 5.41) is 2.83. The molecule has 6 nitrogen and oxygen atoms in total. The molecule has 0 aromatic heterocycles. The summed E-state index contributed by atoms with van der Waals surface area (Å²) >= 11 is 0. The normalized spacial score (nSPS) is 11.0. The van der Waals surface area contributed by atoms with Gasteiger partial charge in [-0.1, -0.05) is 19.1 Å². The molecular formula is C16H22N2O4. The molecule has 0 spiro atoms. The maximum absolute atomic E-state index is 11.8. The summed E-state index contributed by atoms with van der Waals surface area (Å²) in [5.41, 5.74) is 6.59. The van der Waals surface area contributed by atoms with Crippen LogP contribution in [0.2, 0.25) is 0 Å². The number of rotatable bonds is 8. The largest absolute Gasteiger partial charge is 0.493 e. The van der Waals surface area contributed by atoms with Crippen molar-refractivity contribution in [3.05, 3.63) is 35.4 Å². The minimum absolute atomic E-state index is 0.102. The Morgan fingerprint density at radius 1 is 1.32 bits per heavy atom. The van der Waals surface area contributed by atoms with E-state index in [4.69, 9.17) is 15.2 Å². The van der Waals surface area contributed by atoms with Gasteiger partial charge in [-0.25, -0.2) is 0 Å². The molecule has 0 atom stereocenters. The summed E-state index contributed by atoms with van der Waals surface area (Å²) in [6.45, 7) is 3.92. The van der Waals surface area contributed by atoms with Crippen molar-refractivity contribution >= 4 is 11.8 Å². The molecule has 22 heavy (non-hydrogen) atoms. The Hall–Kier alpha value is -2.50. The van der Waals surface area contributed by atoms with Gasteiger partial charge in [0.05, 0.1) is 7.11 Å². The van der Waals surface area contributed by atoms with Crippen LogP contribution in [-0.2, 0) is 16.1 Å². The zero-order valence-corrected chi connectivity index (χ0v) is 13.1. The molecule has 1 aromatic carbocycles. The molecule has 0 bridgehead atoms. The number of carbonyl (C=O) groups excluding carboxylic acids is 2. The monoisotopic (exact) mass is 306 g/mol. The fraction of sp³-hybridized carbons (Fsp3) is 0.375. The van der Waals surface area contributed by atoms with E-state index < -0.39 is 5.91 Å². The molecule has 6 heteroatoms. The Labute approximate surface area is 130 Å². The first-order valence-electron chi connectivity index (χ1n) is 7.00. The molecule has 120 valence electrons. The Kier molecular flexibility index (Phi) is 6.95. The topological polar surface area (TPSA) is 90.6 Å². The van der Waals surface area contributed by atoms with E-state index >= 15 is 0 Å². The summed E-state index contributed by atoms with van der Waals surface area (Å²) in [7, 11) is 1.50. The highest BCUT2D eigenvalue weighted by atomic mass is 16.5. The maximum atomic E-state index is 11.8. The van der Waals surface area contributed by atoms with Gasteiger partial charge in [-0.3, -0.25) is 9.59 Å². The average Bonchev–Trinajstić information content (AvgIpc) is 2.50. The van der Waals surface area contributed by atoms with Crippen molar-refractivity contribution < 1.29 is 19.1 Å². The lowest BCUT2D eigenvalue weighted by atomic mass is 10.2. The molecule has 0 saturated carbocycles. The summed E-state index contributed by atoms with van der Waals surface area (Å²) < 4.78 is 10.5. The van der Waals surface area contributed by atoms with Gasteiger partial charge in [0.2, 0.25) is 5.91 Å². The van der Waals surface area contributed by atoms with Crippen molar-refractivity contribution in [3.8, 4) is 11.5 Å².